The molecular formula is C17H17N5. The molecule has 2 aromatic heterocycles. The summed E-state index contributed by atoms with van der Waals surface area (Å²) in [6, 6.07) is 13.8. The summed E-state index contributed by atoms with van der Waals surface area (Å²) < 4.78 is 0. The van der Waals surface area contributed by atoms with E-state index in [0.717, 1.165) is 22.6 Å². The first-order valence-electron chi connectivity index (χ1n) is 7.10. The zero-order chi connectivity index (χ0) is 15.2. The van der Waals surface area contributed by atoms with E-state index in [9.17, 15) is 0 Å². The van der Waals surface area contributed by atoms with Crippen LogP contribution >= 0.6 is 0 Å². The summed E-state index contributed by atoms with van der Waals surface area (Å²) in [5.41, 5.74) is 3.07. The molecule has 5 heteroatoms. The topological polar surface area (TPSA) is 62.7 Å². The normalized spacial score (nSPS) is 10.2. The molecule has 5 nitrogen and oxygen atoms in total. The number of hydrogen-bond acceptors (Lipinski definition) is 5. The molecule has 22 heavy (non-hydrogen) atoms. The summed E-state index contributed by atoms with van der Waals surface area (Å²) in [7, 11) is 0. The third kappa shape index (κ3) is 3.58. The highest BCUT2D eigenvalue weighted by molar-refractivity contribution is 5.55. The van der Waals surface area contributed by atoms with Crippen molar-refractivity contribution in [1.29, 1.82) is 0 Å². The van der Waals surface area contributed by atoms with Gasteiger partial charge in [-0.1, -0.05) is 24.3 Å². The minimum Gasteiger partial charge on any atom is -0.366 e. The molecule has 0 fully saturated rings. The third-order valence-electron chi connectivity index (χ3n) is 3.18. The van der Waals surface area contributed by atoms with E-state index in [4.69, 9.17) is 0 Å². The van der Waals surface area contributed by atoms with Crippen LogP contribution in [0.15, 0.2) is 61.1 Å². The number of aromatic nitrogens is 3. The van der Waals surface area contributed by atoms with Crippen LogP contribution in [0.3, 0.4) is 0 Å². The minimum absolute atomic E-state index is 0.575. The monoisotopic (exact) mass is 291 g/mol. The van der Waals surface area contributed by atoms with Crippen molar-refractivity contribution in [2.75, 3.05) is 10.6 Å². The Morgan fingerprint density at radius 3 is 2.64 bits per heavy atom. The molecule has 3 aromatic rings. The zero-order valence-electron chi connectivity index (χ0n) is 12.3. The molecule has 1 aromatic carbocycles. The van der Waals surface area contributed by atoms with Crippen molar-refractivity contribution in [3.63, 3.8) is 0 Å². The summed E-state index contributed by atoms with van der Waals surface area (Å²) >= 11 is 0. The Labute approximate surface area is 129 Å². The van der Waals surface area contributed by atoms with E-state index in [-0.39, 0.29) is 0 Å². The molecule has 0 aliphatic rings. The van der Waals surface area contributed by atoms with Gasteiger partial charge in [0.05, 0.1) is 0 Å². The lowest BCUT2D eigenvalue weighted by molar-refractivity contribution is 1.05. The first-order chi connectivity index (χ1) is 10.8. The number of rotatable bonds is 5. The average Bonchev–Trinajstić information content (AvgIpc) is 2.57. The highest BCUT2D eigenvalue weighted by Gasteiger charge is 2.04. The number of para-hydroxylation sites is 1. The van der Waals surface area contributed by atoms with Crippen LogP contribution in [0.2, 0.25) is 0 Å². The first-order valence-corrected chi connectivity index (χ1v) is 7.10. The Bertz CT molecular complexity index is 729. The molecule has 0 aliphatic heterocycles. The van der Waals surface area contributed by atoms with Crippen molar-refractivity contribution in [2.45, 2.75) is 13.5 Å². The predicted molar refractivity (Wildman–Crippen MR) is 88.1 cm³/mol. The second-order valence-corrected chi connectivity index (χ2v) is 4.93. The Morgan fingerprint density at radius 2 is 1.86 bits per heavy atom. The van der Waals surface area contributed by atoms with Gasteiger partial charge in [0.1, 0.15) is 5.82 Å². The first kappa shape index (κ1) is 14.0. The van der Waals surface area contributed by atoms with Gasteiger partial charge in [-0.3, -0.25) is 4.98 Å². The molecule has 0 radical (unpaired) electrons. The highest BCUT2D eigenvalue weighted by Crippen LogP contribution is 2.17. The minimum atomic E-state index is 0.575. The highest BCUT2D eigenvalue weighted by atomic mass is 15.1. The van der Waals surface area contributed by atoms with Crippen molar-refractivity contribution in [1.82, 2.24) is 15.0 Å². The van der Waals surface area contributed by atoms with Gasteiger partial charge in [0.15, 0.2) is 0 Å². The lowest BCUT2D eigenvalue weighted by Gasteiger charge is -2.11. The Balaban J connectivity index is 1.72. The summed E-state index contributed by atoms with van der Waals surface area (Å²) in [5.74, 6) is 1.39. The maximum Gasteiger partial charge on any atom is 0.229 e. The van der Waals surface area contributed by atoms with Crippen LogP contribution in [0.1, 0.15) is 11.1 Å². The van der Waals surface area contributed by atoms with Gasteiger partial charge in [0, 0.05) is 36.4 Å². The van der Waals surface area contributed by atoms with Crippen LogP contribution in [0.5, 0.6) is 0 Å². The van der Waals surface area contributed by atoms with Gasteiger partial charge in [-0.15, -0.1) is 0 Å². The standard InChI is InChI=1S/C17H17N5/c1-13-10-20-17(21-15-7-3-2-4-8-15)22-16(13)19-12-14-6-5-9-18-11-14/h2-11H,12H2,1H3,(H2,19,20,21,22). The fourth-order valence-corrected chi connectivity index (χ4v) is 2.02. The van der Waals surface area contributed by atoms with Crippen LogP contribution in [-0.2, 0) is 6.54 Å². The number of pyridine rings is 1. The number of nitrogens with zero attached hydrogens (tertiary/aromatic N) is 3. The predicted octanol–water partition coefficient (Wildman–Crippen LogP) is 3.54. The molecular weight excluding hydrogens is 274 g/mol. The van der Waals surface area contributed by atoms with Crippen LogP contribution < -0.4 is 10.6 Å². The van der Waals surface area contributed by atoms with Crippen molar-refractivity contribution >= 4 is 17.5 Å². The van der Waals surface area contributed by atoms with Gasteiger partial charge >= 0.3 is 0 Å². The number of aryl methyl sites for hydroxylation is 1. The molecule has 3 rings (SSSR count). The smallest absolute Gasteiger partial charge is 0.229 e. The molecule has 2 N–H and O–H groups in total. The molecule has 2 heterocycles. The van der Waals surface area contributed by atoms with Crippen molar-refractivity contribution in [3.8, 4) is 0 Å². The van der Waals surface area contributed by atoms with E-state index in [0.29, 0.717) is 12.5 Å². The molecule has 0 unspecified atom stereocenters. The lowest BCUT2D eigenvalue weighted by Crippen LogP contribution is -2.06. The number of nitrogens with one attached hydrogen (secondary N) is 2. The Hall–Kier alpha value is -2.95. The van der Waals surface area contributed by atoms with E-state index >= 15 is 0 Å². The Morgan fingerprint density at radius 1 is 1.00 bits per heavy atom. The fraction of sp³-hybridized carbons (Fsp3) is 0.118. The van der Waals surface area contributed by atoms with E-state index in [1.165, 1.54) is 0 Å². The molecule has 0 amide bonds. The molecule has 0 aliphatic carbocycles. The molecule has 0 saturated carbocycles. The van der Waals surface area contributed by atoms with Crippen molar-refractivity contribution < 1.29 is 0 Å². The SMILES string of the molecule is Cc1cnc(Nc2ccccc2)nc1NCc1cccnc1. The van der Waals surface area contributed by atoms with Gasteiger partial charge in [-0.05, 0) is 30.7 Å². The van der Waals surface area contributed by atoms with Gasteiger partial charge < -0.3 is 10.6 Å². The van der Waals surface area contributed by atoms with Gasteiger partial charge in [0.25, 0.3) is 0 Å². The molecule has 0 bridgehead atoms. The molecule has 0 spiro atoms. The molecule has 110 valence electrons. The van der Waals surface area contributed by atoms with Crippen molar-refractivity contribution in [3.05, 3.63) is 72.2 Å². The Kier molecular flexibility index (Phi) is 4.25. The largest absolute Gasteiger partial charge is 0.366 e. The quantitative estimate of drug-likeness (QED) is 0.753. The number of anilines is 3. The zero-order valence-corrected chi connectivity index (χ0v) is 12.3. The summed E-state index contributed by atoms with van der Waals surface area (Å²) in [4.78, 5) is 13.0. The second kappa shape index (κ2) is 6.67. The summed E-state index contributed by atoms with van der Waals surface area (Å²) in [6.07, 6.45) is 5.41. The summed E-state index contributed by atoms with van der Waals surface area (Å²) in [6.45, 7) is 2.66. The van der Waals surface area contributed by atoms with E-state index < -0.39 is 0 Å². The van der Waals surface area contributed by atoms with E-state index in [2.05, 4.69) is 25.6 Å². The van der Waals surface area contributed by atoms with Gasteiger partial charge in [0.2, 0.25) is 5.95 Å². The maximum absolute atomic E-state index is 4.53. The van der Waals surface area contributed by atoms with Gasteiger partial charge in [-0.25, -0.2) is 4.98 Å². The van der Waals surface area contributed by atoms with Crippen LogP contribution in [0.25, 0.3) is 0 Å². The average molecular weight is 291 g/mol. The van der Waals surface area contributed by atoms with Crippen LogP contribution in [0.4, 0.5) is 17.5 Å². The van der Waals surface area contributed by atoms with E-state index in [1.807, 2.05) is 61.8 Å². The maximum atomic E-state index is 4.53. The molecule has 0 saturated heterocycles. The lowest BCUT2D eigenvalue weighted by atomic mass is 10.3. The summed E-state index contributed by atoms with van der Waals surface area (Å²) in [5, 5.41) is 6.52. The van der Waals surface area contributed by atoms with E-state index in [1.54, 1.807) is 6.20 Å². The fourth-order valence-electron chi connectivity index (χ4n) is 2.02. The van der Waals surface area contributed by atoms with Crippen LogP contribution in [0, 0.1) is 6.92 Å². The third-order valence-corrected chi connectivity index (χ3v) is 3.18. The van der Waals surface area contributed by atoms with Gasteiger partial charge in [-0.2, -0.15) is 4.98 Å². The number of benzene rings is 1. The van der Waals surface area contributed by atoms with Crippen LogP contribution in [-0.4, -0.2) is 15.0 Å². The van der Waals surface area contributed by atoms with Crippen molar-refractivity contribution in [2.24, 2.45) is 0 Å². The second-order valence-electron chi connectivity index (χ2n) is 4.93. The number of hydrogen-bond donors (Lipinski definition) is 2. The molecule has 0 atom stereocenters.